The van der Waals surface area contributed by atoms with E-state index in [4.69, 9.17) is 21.1 Å². The van der Waals surface area contributed by atoms with Crippen LogP contribution in [0.3, 0.4) is 0 Å². The fraction of sp³-hybridized carbons (Fsp3) is 0.400. The lowest BCUT2D eigenvalue weighted by atomic mass is 10.1. The molecule has 2 heterocycles. The first-order chi connectivity index (χ1) is 9.61. The van der Waals surface area contributed by atoms with Crippen molar-refractivity contribution in [2.45, 2.75) is 13.3 Å². The van der Waals surface area contributed by atoms with E-state index in [0.29, 0.717) is 29.5 Å². The molecular weight excluding hydrogens is 278 g/mol. The van der Waals surface area contributed by atoms with Gasteiger partial charge in [0.1, 0.15) is 0 Å². The number of rotatable bonds is 2. The van der Waals surface area contributed by atoms with E-state index in [-0.39, 0.29) is 18.4 Å². The zero-order valence-electron chi connectivity index (χ0n) is 11.2. The molecule has 1 aliphatic heterocycles. The molecule has 0 radical (unpaired) electrons. The quantitative estimate of drug-likeness (QED) is 0.926. The number of para-hydroxylation sites is 1. The number of likely N-dealkylation sites (tertiary alicyclic amines) is 1. The number of fused-ring (bicyclic) bond motifs is 1. The standard InChI is InChI=1S/C15H16ClNO3/c1-9-11-3-2-4-12(16)14(11)20-13(9)15(19)17-6-5-10(7-17)8-18/h2-4,10,18H,5-8H2,1H3. The molecule has 3 rings (SSSR count). The summed E-state index contributed by atoms with van der Waals surface area (Å²) >= 11 is 6.10. The molecule has 1 unspecified atom stereocenters. The molecule has 1 aliphatic rings. The van der Waals surface area contributed by atoms with Gasteiger partial charge in [0.2, 0.25) is 0 Å². The average Bonchev–Trinajstić information content (AvgIpc) is 3.05. The Morgan fingerprint density at radius 1 is 1.55 bits per heavy atom. The number of benzene rings is 1. The van der Waals surface area contributed by atoms with Crippen molar-refractivity contribution in [3.05, 3.63) is 34.5 Å². The molecule has 0 bridgehead atoms. The first-order valence-electron chi connectivity index (χ1n) is 6.69. The third-order valence-electron chi connectivity index (χ3n) is 3.94. The molecule has 0 aliphatic carbocycles. The maximum atomic E-state index is 12.5. The Labute approximate surface area is 121 Å². The average molecular weight is 294 g/mol. The van der Waals surface area contributed by atoms with Crippen LogP contribution in [-0.2, 0) is 0 Å². The summed E-state index contributed by atoms with van der Waals surface area (Å²) in [4.78, 5) is 14.3. The highest BCUT2D eigenvalue weighted by molar-refractivity contribution is 6.35. The van der Waals surface area contributed by atoms with Crippen molar-refractivity contribution in [2.24, 2.45) is 5.92 Å². The lowest BCUT2D eigenvalue weighted by Crippen LogP contribution is -2.29. The Bertz CT molecular complexity index is 664. The third kappa shape index (κ3) is 2.09. The summed E-state index contributed by atoms with van der Waals surface area (Å²) in [5.41, 5.74) is 1.38. The lowest BCUT2D eigenvalue weighted by molar-refractivity contribution is 0.0751. The second-order valence-electron chi connectivity index (χ2n) is 5.26. The van der Waals surface area contributed by atoms with E-state index in [1.165, 1.54) is 0 Å². The summed E-state index contributed by atoms with van der Waals surface area (Å²) < 4.78 is 5.69. The second kappa shape index (κ2) is 5.11. The summed E-state index contributed by atoms with van der Waals surface area (Å²) in [6.45, 7) is 3.23. The predicted molar refractivity (Wildman–Crippen MR) is 77.1 cm³/mol. The minimum Gasteiger partial charge on any atom is -0.449 e. The number of amides is 1. The number of aliphatic hydroxyl groups excluding tert-OH is 1. The maximum absolute atomic E-state index is 12.5. The van der Waals surface area contributed by atoms with Gasteiger partial charge in [-0.25, -0.2) is 0 Å². The van der Waals surface area contributed by atoms with E-state index >= 15 is 0 Å². The normalized spacial score (nSPS) is 18.9. The summed E-state index contributed by atoms with van der Waals surface area (Å²) in [5.74, 6) is 0.407. The van der Waals surface area contributed by atoms with Gasteiger partial charge in [-0.2, -0.15) is 0 Å². The Morgan fingerprint density at radius 3 is 3.00 bits per heavy atom. The molecule has 1 N–H and O–H groups in total. The predicted octanol–water partition coefficient (Wildman–Crippen LogP) is 2.85. The summed E-state index contributed by atoms with van der Waals surface area (Å²) in [6, 6.07) is 5.50. The molecule has 4 nitrogen and oxygen atoms in total. The number of halogens is 1. The minimum absolute atomic E-state index is 0.120. The van der Waals surface area contributed by atoms with Gasteiger partial charge in [-0.15, -0.1) is 0 Å². The fourth-order valence-corrected chi connectivity index (χ4v) is 2.94. The number of hydrogen-bond acceptors (Lipinski definition) is 3. The first-order valence-corrected chi connectivity index (χ1v) is 7.07. The van der Waals surface area contributed by atoms with E-state index in [9.17, 15) is 4.79 Å². The van der Waals surface area contributed by atoms with Gasteiger partial charge in [0, 0.05) is 36.6 Å². The maximum Gasteiger partial charge on any atom is 0.289 e. The van der Waals surface area contributed by atoms with E-state index in [2.05, 4.69) is 0 Å². The monoisotopic (exact) mass is 293 g/mol. The van der Waals surface area contributed by atoms with Crippen molar-refractivity contribution in [2.75, 3.05) is 19.7 Å². The summed E-state index contributed by atoms with van der Waals surface area (Å²) in [7, 11) is 0. The zero-order chi connectivity index (χ0) is 14.3. The molecule has 1 saturated heterocycles. The molecule has 1 aromatic heterocycles. The van der Waals surface area contributed by atoms with Crippen LogP contribution in [0.1, 0.15) is 22.5 Å². The van der Waals surface area contributed by atoms with Crippen LogP contribution < -0.4 is 0 Å². The molecule has 1 fully saturated rings. The number of nitrogens with zero attached hydrogens (tertiary/aromatic N) is 1. The van der Waals surface area contributed by atoms with Gasteiger partial charge in [0.15, 0.2) is 11.3 Å². The highest BCUT2D eigenvalue weighted by Crippen LogP contribution is 2.32. The number of carbonyl (C=O) groups excluding carboxylic acids is 1. The third-order valence-corrected chi connectivity index (χ3v) is 4.24. The number of furan rings is 1. The van der Waals surface area contributed by atoms with Crippen molar-refractivity contribution in [3.8, 4) is 0 Å². The van der Waals surface area contributed by atoms with Crippen LogP contribution in [0.5, 0.6) is 0 Å². The lowest BCUT2D eigenvalue weighted by Gasteiger charge is -2.14. The Kier molecular flexibility index (Phi) is 3.44. The molecule has 1 aromatic carbocycles. The Balaban J connectivity index is 1.96. The number of aryl methyl sites for hydroxylation is 1. The van der Waals surface area contributed by atoms with Crippen molar-refractivity contribution in [3.63, 3.8) is 0 Å². The molecule has 0 spiro atoms. The van der Waals surface area contributed by atoms with Gasteiger partial charge in [-0.3, -0.25) is 4.79 Å². The van der Waals surface area contributed by atoms with Crippen LogP contribution in [0.25, 0.3) is 11.0 Å². The van der Waals surface area contributed by atoms with Crippen LogP contribution in [-0.4, -0.2) is 35.6 Å². The Hall–Kier alpha value is -1.52. The number of aliphatic hydroxyl groups is 1. The van der Waals surface area contributed by atoms with Crippen LogP contribution in [0, 0.1) is 12.8 Å². The highest BCUT2D eigenvalue weighted by atomic mass is 35.5. The number of carbonyl (C=O) groups is 1. The minimum atomic E-state index is -0.120. The molecule has 5 heteroatoms. The van der Waals surface area contributed by atoms with Crippen molar-refractivity contribution < 1.29 is 14.3 Å². The van der Waals surface area contributed by atoms with Crippen LogP contribution >= 0.6 is 11.6 Å². The van der Waals surface area contributed by atoms with Crippen molar-refractivity contribution in [1.29, 1.82) is 0 Å². The van der Waals surface area contributed by atoms with E-state index in [1.54, 1.807) is 11.0 Å². The van der Waals surface area contributed by atoms with E-state index in [1.807, 2.05) is 19.1 Å². The smallest absolute Gasteiger partial charge is 0.289 e. The van der Waals surface area contributed by atoms with Gasteiger partial charge >= 0.3 is 0 Å². The topological polar surface area (TPSA) is 53.7 Å². The van der Waals surface area contributed by atoms with E-state index < -0.39 is 0 Å². The van der Waals surface area contributed by atoms with Gasteiger partial charge in [0.25, 0.3) is 5.91 Å². The Morgan fingerprint density at radius 2 is 2.35 bits per heavy atom. The van der Waals surface area contributed by atoms with Gasteiger partial charge in [-0.05, 0) is 19.4 Å². The SMILES string of the molecule is Cc1c(C(=O)N2CCC(CO)C2)oc2c(Cl)cccc12. The highest BCUT2D eigenvalue weighted by Gasteiger charge is 2.30. The largest absolute Gasteiger partial charge is 0.449 e. The molecular formula is C15H16ClNO3. The molecule has 1 atom stereocenters. The first kappa shape index (κ1) is 13.5. The van der Waals surface area contributed by atoms with Crippen molar-refractivity contribution >= 4 is 28.5 Å². The summed E-state index contributed by atoms with van der Waals surface area (Å²) in [6.07, 6.45) is 0.836. The second-order valence-corrected chi connectivity index (χ2v) is 5.67. The van der Waals surface area contributed by atoms with Gasteiger partial charge in [-0.1, -0.05) is 23.7 Å². The van der Waals surface area contributed by atoms with Crippen molar-refractivity contribution in [1.82, 2.24) is 4.90 Å². The van der Waals surface area contributed by atoms with Crippen LogP contribution in [0.4, 0.5) is 0 Å². The van der Waals surface area contributed by atoms with E-state index in [0.717, 1.165) is 17.4 Å². The molecule has 2 aromatic rings. The number of hydrogen-bond donors (Lipinski definition) is 1. The fourth-order valence-electron chi connectivity index (χ4n) is 2.72. The summed E-state index contributed by atoms with van der Waals surface area (Å²) in [5, 5.41) is 10.5. The molecule has 20 heavy (non-hydrogen) atoms. The molecule has 106 valence electrons. The van der Waals surface area contributed by atoms with Crippen LogP contribution in [0.15, 0.2) is 22.6 Å². The van der Waals surface area contributed by atoms with Crippen LogP contribution in [0.2, 0.25) is 5.02 Å². The van der Waals surface area contributed by atoms with Gasteiger partial charge in [0.05, 0.1) is 5.02 Å². The van der Waals surface area contributed by atoms with Gasteiger partial charge < -0.3 is 14.4 Å². The molecule has 0 saturated carbocycles. The zero-order valence-corrected chi connectivity index (χ0v) is 12.0. The molecule has 1 amide bonds.